The maximum Gasteiger partial charge on any atom is 0.239 e. The van der Waals surface area contributed by atoms with Crippen LogP contribution in [0.4, 0.5) is 0 Å². The topological polar surface area (TPSA) is 59.2 Å². The SMILES string of the molecule is C[C@H](N)C(=O)N(C)Cc1cncs1. The molecule has 0 fully saturated rings. The Bertz CT molecular complexity index is 271. The Labute approximate surface area is 81.4 Å². The van der Waals surface area contributed by atoms with Gasteiger partial charge in [0.25, 0.3) is 0 Å². The number of nitrogens with zero attached hydrogens (tertiary/aromatic N) is 2. The van der Waals surface area contributed by atoms with E-state index in [2.05, 4.69) is 4.98 Å². The van der Waals surface area contributed by atoms with Gasteiger partial charge in [-0.1, -0.05) is 0 Å². The number of carbonyl (C=O) groups is 1. The molecule has 5 heteroatoms. The van der Waals surface area contributed by atoms with E-state index in [1.807, 2.05) is 0 Å². The number of rotatable bonds is 3. The van der Waals surface area contributed by atoms with Crippen LogP contribution in [-0.4, -0.2) is 28.9 Å². The molecule has 1 heterocycles. The molecule has 0 aromatic carbocycles. The summed E-state index contributed by atoms with van der Waals surface area (Å²) in [5.41, 5.74) is 7.21. The lowest BCUT2D eigenvalue weighted by Gasteiger charge is -2.17. The number of thiazole rings is 1. The van der Waals surface area contributed by atoms with Gasteiger partial charge in [-0.15, -0.1) is 11.3 Å². The minimum absolute atomic E-state index is 0.0478. The Kier molecular flexibility index (Phi) is 3.39. The van der Waals surface area contributed by atoms with Crippen LogP contribution in [0.15, 0.2) is 11.7 Å². The summed E-state index contributed by atoms with van der Waals surface area (Å²) < 4.78 is 0. The zero-order chi connectivity index (χ0) is 9.84. The molecule has 1 amide bonds. The zero-order valence-electron chi connectivity index (χ0n) is 7.73. The van der Waals surface area contributed by atoms with E-state index in [1.165, 1.54) is 11.3 Å². The lowest BCUT2D eigenvalue weighted by atomic mass is 10.3. The van der Waals surface area contributed by atoms with Gasteiger partial charge in [0, 0.05) is 18.1 Å². The molecule has 1 atom stereocenters. The van der Waals surface area contributed by atoms with Crippen LogP contribution in [-0.2, 0) is 11.3 Å². The van der Waals surface area contributed by atoms with Crippen LogP contribution < -0.4 is 5.73 Å². The molecule has 72 valence electrons. The largest absolute Gasteiger partial charge is 0.339 e. The van der Waals surface area contributed by atoms with Gasteiger partial charge in [-0.05, 0) is 6.92 Å². The predicted molar refractivity (Wildman–Crippen MR) is 52.2 cm³/mol. The smallest absolute Gasteiger partial charge is 0.239 e. The number of nitrogens with two attached hydrogens (primary N) is 1. The molecule has 1 aromatic heterocycles. The highest BCUT2D eigenvalue weighted by Gasteiger charge is 2.13. The minimum Gasteiger partial charge on any atom is -0.339 e. The third kappa shape index (κ3) is 2.78. The highest BCUT2D eigenvalue weighted by atomic mass is 32.1. The molecule has 0 aliphatic rings. The van der Waals surface area contributed by atoms with Crippen molar-refractivity contribution in [3.05, 3.63) is 16.6 Å². The van der Waals surface area contributed by atoms with Crippen molar-refractivity contribution in [3.63, 3.8) is 0 Å². The van der Waals surface area contributed by atoms with Gasteiger partial charge in [-0.2, -0.15) is 0 Å². The number of amides is 1. The number of likely N-dealkylation sites (N-methyl/N-ethyl adjacent to an activating group) is 1. The molecule has 0 radical (unpaired) electrons. The van der Waals surface area contributed by atoms with E-state index >= 15 is 0 Å². The zero-order valence-corrected chi connectivity index (χ0v) is 8.54. The molecule has 0 saturated heterocycles. The van der Waals surface area contributed by atoms with E-state index in [-0.39, 0.29) is 5.91 Å². The Balaban J connectivity index is 2.51. The van der Waals surface area contributed by atoms with Crippen molar-refractivity contribution in [2.75, 3.05) is 7.05 Å². The number of carbonyl (C=O) groups excluding carboxylic acids is 1. The molecule has 4 nitrogen and oxygen atoms in total. The molecule has 0 aliphatic carbocycles. The fraction of sp³-hybridized carbons (Fsp3) is 0.500. The molecule has 0 unspecified atom stereocenters. The quantitative estimate of drug-likeness (QED) is 0.769. The molecular weight excluding hydrogens is 186 g/mol. The van der Waals surface area contributed by atoms with Crippen molar-refractivity contribution < 1.29 is 4.79 Å². The van der Waals surface area contributed by atoms with Gasteiger partial charge in [-0.25, -0.2) is 0 Å². The fourth-order valence-electron chi connectivity index (χ4n) is 0.980. The lowest BCUT2D eigenvalue weighted by Crippen LogP contribution is -2.39. The molecular formula is C8H13N3OS. The second-order valence-corrected chi connectivity index (χ2v) is 3.92. The molecule has 1 aromatic rings. The third-order valence-corrected chi connectivity index (χ3v) is 2.41. The summed E-state index contributed by atoms with van der Waals surface area (Å²) in [6.45, 7) is 2.27. The summed E-state index contributed by atoms with van der Waals surface area (Å²) in [7, 11) is 1.74. The van der Waals surface area contributed by atoms with Gasteiger partial charge in [0.15, 0.2) is 0 Å². The van der Waals surface area contributed by atoms with Crippen molar-refractivity contribution in [3.8, 4) is 0 Å². The van der Waals surface area contributed by atoms with E-state index in [0.717, 1.165) is 4.88 Å². The van der Waals surface area contributed by atoms with Gasteiger partial charge < -0.3 is 10.6 Å². The molecule has 1 rings (SSSR count). The summed E-state index contributed by atoms with van der Waals surface area (Å²) in [5.74, 6) is -0.0478. The van der Waals surface area contributed by atoms with Crippen LogP contribution in [0.5, 0.6) is 0 Å². The van der Waals surface area contributed by atoms with Crippen molar-refractivity contribution in [1.29, 1.82) is 0 Å². The van der Waals surface area contributed by atoms with E-state index in [0.29, 0.717) is 6.54 Å². The van der Waals surface area contributed by atoms with Gasteiger partial charge >= 0.3 is 0 Å². The molecule has 0 saturated carbocycles. The minimum atomic E-state index is -0.432. The van der Waals surface area contributed by atoms with Crippen LogP contribution in [0, 0.1) is 0 Å². The monoisotopic (exact) mass is 199 g/mol. The van der Waals surface area contributed by atoms with Gasteiger partial charge in [0.2, 0.25) is 5.91 Å². The fourth-order valence-corrected chi connectivity index (χ4v) is 1.63. The van der Waals surface area contributed by atoms with E-state index in [1.54, 1.807) is 30.6 Å². The maximum absolute atomic E-state index is 11.4. The molecule has 2 N–H and O–H groups in total. The first-order valence-corrected chi connectivity index (χ1v) is 4.87. The molecule has 0 bridgehead atoms. The number of hydrogen-bond donors (Lipinski definition) is 1. The summed E-state index contributed by atoms with van der Waals surface area (Å²) in [6, 6.07) is -0.432. The number of hydrogen-bond acceptors (Lipinski definition) is 4. The second-order valence-electron chi connectivity index (χ2n) is 2.95. The normalized spacial score (nSPS) is 12.5. The van der Waals surface area contributed by atoms with Crippen LogP contribution >= 0.6 is 11.3 Å². The highest BCUT2D eigenvalue weighted by molar-refractivity contribution is 7.09. The van der Waals surface area contributed by atoms with Crippen LogP contribution in [0.25, 0.3) is 0 Å². The van der Waals surface area contributed by atoms with Crippen molar-refractivity contribution in [1.82, 2.24) is 9.88 Å². The maximum atomic E-state index is 11.4. The van der Waals surface area contributed by atoms with Crippen LogP contribution in [0.1, 0.15) is 11.8 Å². The van der Waals surface area contributed by atoms with Crippen molar-refractivity contribution in [2.45, 2.75) is 19.5 Å². The average Bonchev–Trinajstić information content (AvgIpc) is 2.55. The Morgan fingerprint density at radius 2 is 2.54 bits per heavy atom. The first-order valence-electron chi connectivity index (χ1n) is 3.99. The van der Waals surface area contributed by atoms with E-state index in [4.69, 9.17) is 5.73 Å². The first kappa shape index (κ1) is 10.1. The Hall–Kier alpha value is -0.940. The molecule has 0 spiro atoms. The van der Waals surface area contributed by atoms with Crippen molar-refractivity contribution in [2.24, 2.45) is 5.73 Å². The first-order chi connectivity index (χ1) is 6.11. The molecule has 13 heavy (non-hydrogen) atoms. The average molecular weight is 199 g/mol. The highest BCUT2D eigenvalue weighted by Crippen LogP contribution is 2.08. The summed E-state index contributed by atoms with van der Waals surface area (Å²) >= 11 is 1.53. The number of aromatic nitrogens is 1. The Morgan fingerprint density at radius 1 is 1.85 bits per heavy atom. The standard InChI is InChI=1S/C8H13N3OS/c1-6(9)8(12)11(2)4-7-3-10-5-13-7/h3,5-6H,4,9H2,1-2H3/t6-/m0/s1. The van der Waals surface area contributed by atoms with Crippen molar-refractivity contribution >= 4 is 17.2 Å². The summed E-state index contributed by atoms with van der Waals surface area (Å²) in [5, 5.41) is 0. The van der Waals surface area contributed by atoms with Gasteiger partial charge in [0.05, 0.1) is 18.1 Å². The predicted octanol–water partition coefficient (Wildman–Crippen LogP) is 0.449. The van der Waals surface area contributed by atoms with Crippen LogP contribution in [0.3, 0.4) is 0 Å². The van der Waals surface area contributed by atoms with Gasteiger partial charge in [0.1, 0.15) is 0 Å². The van der Waals surface area contributed by atoms with E-state index < -0.39 is 6.04 Å². The summed E-state index contributed by atoms with van der Waals surface area (Å²) in [6.07, 6.45) is 1.76. The van der Waals surface area contributed by atoms with Gasteiger partial charge in [-0.3, -0.25) is 9.78 Å². The lowest BCUT2D eigenvalue weighted by molar-refractivity contribution is -0.131. The molecule has 0 aliphatic heterocycles. The summed E-state index contributed by atoms with van der Waals surface area (Å²) in [4.78, 5) is 18.0. The Morgan fingerprint density at radius 3 is 3.00 bits per heavy atom. The van der Waals surface area contributed by atoms with Crippen LogP contribution in [0.2, 0.25) is 0 Å². The second kappa shape index (κ2) is 4.34. The third-order valence-electron chi connectivity index (χ3n) is 1.64. The van der Waals surface area contributed by atoms with E-state index in [9.17, 15) is 4.79 Å².